The molecule has 0 saturated heterocycles. The van der Waals surface area contributed by atoms with E-state index in [-0.39, 0.29) is 5.56 Å². The molecule has 1 amide bonds. The summed E-state index contributed by atoms with van der Waals surface area (Å²) in [5.74, 6) is 1.21. The first-order chi connectivity index (χ1) is 12.7. The first-order valence-electron chi connectivity index (χ1n) is 8.35. The summed E-state index contributed by atoms with van der Waals surface area (Å²) >= 11 is 0. The van der Waals surface area contributed by atoms with Gasteiger partial charge in [0.25, 0.3) is 5.91 Å². The van der Waals surface area contributed by atoms with Crippen molar-refractivity contribution in [1.29, 1.82) is 0 Å². The molecule has 6 nitrogen and oxygen atoms in total. The number of para-hydroxylation sites is 1. The molecule has 0 spiro atoms. The number of primary amides is 1. The smallest absolute Gasteiger partial charge is 0.254 e. The molecule has 26 heavy (non-hydrogen) atoms. The van der Waals surface area contributed by atoms with Crippen LogP contribution in [0.2, 0.25) is 0 Å². The Hall–Kier alpha value is -3.41. The van der Waals surface area contributed by atoms with Crippen LogP contribution in [0, 0.1) is 0 Å². The monoisotopic (exact) mass is 348 g/mol. The lowest BCUT2D eigenvalue weighted by molar-refractivity contribution is 0.100. The number of nitrogens with one attached hydrogen (secondary N) is 1. The van der Waals surface area contributed by atoms with E-state index in [2.05, 4.69) is 15.3 Å². The first-order valence-corrected chi connectivity index (χ1v) is 8.35. The first kappa shape index (κ1) is 17.4. The fraction of sp³-hybridized carbons (Fsp3) is 0.150. The Morgan fingerprint density at radius 3 is 2.69 bits per heavy atom. The normalized spacial score (nSPS) is 10.3. The van der Waals surface area contributed by atoms with E-state index in [4.69, 9.17) is 10.5 Å². The zero-order chi connectivity index (χ0) is 18.4. The highest BCUT2D eigenvalue weighted by molar-refractivity contribution is 5.97. The van der Waals surface area contributed by atoms with Crippen molar-refractivity contribution in [3.05, 3.63) is 77.7 Å². The van der Waals surface area contributed by atoms with Gasteiger partial charge in [-0.05, 0) is 36.8 Å². The van der Waals surface area contributed by atoms with Crippen LogP contribution in [-0.4, -0.2) is 22.5 Å². The van der Waals surface area contributed by atoms with E-state index in [0.29, 0.717) is 24.7 Å². The third-order valence-corrected chi connectivity index (χ3v) is 3.71. The molecule has 0 radical (unpaired) electrons. The van der Waals surface area contributed by atoms with Gasteiger partial charge in [-0.15, -0.1) is 0 Å². The second-order valence-electron chi connectivity index (χ2n) is 5.66. The molecule has 6 heteroatoms. The van der Waals surface area contributed by atoms with Gasteiger partial charge in [0.15, 0.2) is 0 Å². The average molecular weight is 348 g/mol. The second kappa shape index (κ2) is 8.11. The minimum Gasteiger partial charge on any atom is -0.494 e. The van der Waals surface area contributed by atoms with Crippen LogP contribution in [0.5, 0.6) is 5.75 Å². The number of aromatic nitrogens is 2. The summed E-state index contributed by atoms with van der Waals surface area (Å²) in [5, 5.41) is 3.14. The van der Waals surface area contributed by atoms with E-state index >= 15 is 0 Å². The number of hydrogen-bond acceptors (Lipinski definition) is 5. The molecule has 0 fully saturated rings. The Morgan fingerprint density at radius 1 is 1.15 bits per heavy atom. The van der Waals surface area contributed by atoms with Gasteiger partial charge in [0.2, 0.25) is 0 Å². The fourth-order valence-electron chi connectivity index (χ4n) is 2.53. The number of amides is 1. The van der Waals surface area contributed by atoms with Gasteiger partial charge in [-0.25, -0.2) is 9.97 Å². The number of nitrogens with two attached hydrogens (primary N) is 1. The van der Waals surface area contributed by atoms with Crippen molar-refractivity contribution < 1.29 is 9.53 Å². The third-order valence-electron chi connectivity index (χ3n) is 3.71. The molecule has 2 aromatic carbocycles. The van der Waals surface area contributed by atoms with E-state index in [0.717, 1.165) is 17.0 Å². The van der Waals surface area contributed by atoms with Crippen molar-refractivity contribution in [2.45, 2.75) is 13.3 Å². The number of carbonyl (C=O) groups is 1. The van der Waals surface area contributed by atoms with Crippen LogP contribution < -0.4 is 15.8 Å². The highest BCUT2D eigenvalue weighted by Gasteiger charge is 2.13. The van der Waals surface area contributed by atoms with Crippen molar-refractivity contribution in [3.63, 3.8) is 0 Å². The summed E-state index contributed by atoms with van der Waals surface area (Å²) in [6.07, 6.45) is 1.98. The second-order valence-corrected chi connectivity index (χ2v) is 5.66. The van der Waals surface area contributed by atoms with Gasteiger partial charge in [-0.3, -0.25) is 4.79 Å². The maximum absolute atomic E-state index is 11.7. The molecule has 0 unspecified atom stereocenters. The van der Waals surface area contributed by atoms with Crippen molar-refractivity contribution in [1.82, 2.24) is 9.97 Å². The maximum atomic E-state index is 11.7. The van der Waals surface area contributed by atoms with Crippen molar-refractivity contribution >= 4 is 17.4 Å². The van der Waals surface area contributed by atoms with E-state index in [9.17, 15) is 4.79 Å². The van der Waals surface area contributed by atoms with Crippen molar-refractivity contribution in [3.8, 4) is 5.75 Å². The summed E-state index contributed by atoms with van der Waals surface area (Å²) in [5.41, 5.74) is 7.54. The maximum Gasteiger partial charge on any atom is 0.254 e. The van der Waals surface area contributed by atoms with Crippen molar-refractivity contribution in [2.75, 3.05) is 11.9 Å². The van der Waals surface area contributed by atoms with E-state index < -0.39 is 5.91 Å². The van der Waals surface area contributed by atoms with Gasteiger partial charge in [0, 0.05) is 18.3 Å². The number of anilines is 2. The molecule has 0 aliphatic carbocycles. The quantitative estimate of drug-likeness (QED) is 0.684. The van der Waals surface area contributed by atoms with E-state index in [1.807, 2.05) is 61.5 Å². The van der Waals surface area contributed by atoms with Crippen LogP contribution in [0.3, 0.4) is 0 Å². The predicted molar refractivity (Wildman–Crippen MR) is 101 cm³/mol. The Kier molecular flexibility index (Phi) is 5.43. The van der Waals surface area contributed by atoms with E-state index in [1.54, 1.807) is 0 Å². The third kappa shape index (κ3) is 4.36. The lowest BCUT2D eigenvalue weighted by Gasteiger charge is -2.11. The number of hydrogen-bond donors (Lipinski definition) is 2. The van der Waals surface area contributed by atoms with Crippen LogP contribution in [0.25, 0.3) is 0 Å². The largest absolute Gasteiger partial charge is 0.494 e. The van der Waals surface area contributed by atoms with Gasteiger partial charge in [0.05, 0.1) is 6.61 Å². The number of carbonyl (C=O) groups excluding carboxylic acids is 1. The lowest BCUT2D eigenvalue weighted by Crippen LogP contribution is -2.16. The van der Waals surface area contributed by atoms with Crippen molar-refractivity contribution in [2.24, 2.45) is 5.73 Å². The highest BCUT2D eigenvalue weighted by Crippen LogP contribution is 2.20. The van der Waals surface area contributed by atoms with Gasteiger partial charge in [-0.1, -0.05) is 30.3 Å². The van der Waals surface area contributed by atoms with Crippen LogP contribution in [-0.2, 0) is 6.42 Å². The topological polar surface area (TPSA) is 90.1 Å². The standard InChI is InChI=1S/C20H20N4O2/c1-2-26-16-10-6-7-14(11-16)12-18-22-13-17(19(21)25)20(24-18)23-15-8-4-3-5-9-15/h3-11,13H,2,12H2,1H3,(H2,21,25)(H,22,23,24). The van der Waals surface area contributed by atoms with Crippen LogP contribution >= 0.6 is 0 Å². The molecule has 3 aromatic rings. The van der Waals surface area contributed by atoms with Crippen LogP contribution in [0.15, 0.2) is 60.8 Å². The molecule has 0 atom stereocenters. The molecule has 1 aromatic heterocycles. The molecular weight excluding hydrogens is 328 g/mol. The molecule has 3 rings (SSSR count). The lowest BCUT2D eigenvalue weighted by atomic mass is 10.1. The predicted octanol–water partition coefficient (Wildman–Crippen LogP) is 3.31. The molecular formula is C20H20N4O2. The van der Waals surface area contributed by atoms with Gasteiger partial charge in [-0.2, -0.15) is 0 Å². The average Bonchev–Trinajstić information content (AvgIpc) is 2.63. The summed E-state index contributed by atoms with van der Waals surface area (Å²) in [4.78, 5) is 20.5. The molecule has 1 heterocycles. The molecule has 0 bridgehead atoms. The molecule has 0 saturated carbocycles. The number of rotatable bonds is 7. The van der Waals surface area contributed by atoms with Gasteiger partial charge < -0.3 is 15.8 Å². The summed E-state index contributed by atoms with van der Waals surface area (Å²) in [7, 11) is 0. The van der Waals surface area contributed by atoms with E-state index in [1.165, 1.54) is 6.20 Å². The molecule has 0 aliphatic heterocycles. The summed E-state index contributed by atoms with van der Waals surface area (Å²) in [6.45, 7) is 2.55. The summed E-state index contributed by atoms with van der Waals surface area (Å²) < 4.78 is 5.52. The van der Waals surface area contributed by atoms with Crippen LogP contribution in [0.1, 0.15) is 28.7 Å². The highest BCUT2D eigenvalue weighted by atomic mass is 16.5. The molecule has 3 N–H and O–H groups in total. The zero-order valence-electron chi connectivity index (χ0n) is 14.5. The minimum atomic E-state index is -0.576. The molecule has 0 aliphatic rings. The SMILES string of the molecule is CCOc1cccc(Cc2ncc(C(N)=O)c(Nc3ccccc3)n2)c1. The van der Waals surface area contributed by atoms with Crippen LogP contribution in [0.4, 0.5) is 11.5 Å². The van der Waals surface area contributed by atoms with Gasteiger partial charge >= 0.3 is 0 Å². The molecule has 132 valence electrons. The fourth-order valence-corrected chi connectivity index (χ4v) is 2.53. The Balaban J connectivity index is 1.87. The Bertz CT molecular complexity index is 897. The summed E-state index contributed by atoms with van der Waals surface area (Å²) in [6, 6.07) is 17.3. The zero-order valence-corrected chi connectivity index (χ0v) is 14.5. The van der Waals surface area contributed by atoms with Gasteiger partial charge in [0.1, 0.15) is 23.0 Å². The number of nitrogens with zero attached hydrogens (tertiary/aromatic N) is 2. The Morgan fingerprint density at radius 2 is 1.96 bits per heavy atom. The minimum absolute atomic E-state index is 0.251. The Labute approximate surface area is 152 Å². The number of benzene rings is 2. The number of ether oxygens (including phenoxy) is 1.